The van der Waals surface area contributed by atoms with Crippen molar-refractivity contribution in [3.05, 3.63) is 60.3 Å². The van der Waals surface area contributed by atoms with Gasteiger partial charge in [-0.2, -0.15) is 5.48 Å². The van der Waals surface area contributed by atoms with Crippen LogP contribution >= 0.6 is 11.3 Å². The third kappa shape index (κ3) is 6.01. The lowest BCUT2D eigenvalue weighted by Crippen LogP contribution is -2.45. The maximum absolute atomic E-state index is 12.5. The van der Waals surface area contributed by atoms with Gasteiger partial charge in [0.05, 0.1) is 33.8 Å². The van der Waals surface area contributed by atoms with E-state index in [1.54, 1.807) is 27.9 Å². The van der Waals surface area contributed by atoms with Crippen LogP contribution in [0.2, 0.25) is 0 Å². The number of aromatic amines is 2. The molecule has 4 heterocycles. The summed E-state index contributed by atoms with van der Waals surface area (Å²) in [5.41, 5.74) is 18.1. The summed E-state index contributed by atoms with van der Waals surface area (Å²) >= 11 is 1.67. The molecule has 1 saturated heterocycles. The van der Waals surface area contributed by atoms with E-state index >= 15 is 0 Å². The van der Waals surface area contributed by atoms with Crippen LogP contribution < -0.4 is 16.9 Å². The number of aliphatic hydroxyl groups excluding tert-OH is 1. The highest BCUT2D eigenvalue weighted by Gasteiger charge is 2.35. The number of nitrogens with two attached hydrogens (primary N) is 2. The van der Waals surface area contributed by atoms with Crippen molar-refractivity contribution in [2.75, 3.05) is 13.1 Å². The summed E-state index contributed by atoms with van der Waals surface area (Å²) < 4.78 is 0. The summed E-state index contributed by atoms with van der Waals surface area (Å²) in [5.74, 6) is 2.05. The zero-order valence-corrected chi connectivity index (χ0v) is 25.9. The predicted molar refractivity (Wildman–Crippen MR) is 175 cm³/mol. The largest absolute Gasteiger partial charge is 0.368 e. The number of carbonyl (C=O) groups excluding carboxylic acids is 1. The Morgan fingerprint density at radius 2 is 1.98 bits per heavy atom. The average molecular weight is 629 g/mol. The highest BCUT2D eigenvalue weighted by atomic mass is 32.1. The average Bonchev–Trinajstić information content (AvgIpc) is 3.48. The molecule has 5 aromatic rings. The van der Waals surface area contributed by atoms with Gasteiger partial charge in [0.2, 0.25) is 6.23 Å². The number of nitrogens with one attached hydrogen (secondary N) is 3. The van der Waals surface area contributed by atoms with Crippen molar-refractivity contribution in [2.24, 2.45) is 17.4 Å². The summed E-state index contributed by atoms with van der Waals surface area (Å²) in [6.07, 6.45) is 7.02. The molecule has 1 aliphatic heterocycles. The summed E-state index contributed by atoms with van der Waals surface area (Å²) in [6, 6.07) is 14.9. The summed E-state index contributed by atoms with van der Waals surface area (Å²) in [4.78, 5) is 32.9. The van der Waals surface area contributed by atoms with Crippen molar-refractivity contribution in [1.82, 2.24) is 30.3 Å². The lowest BCUT2D eigenvalue weighted by Gasteiger charge is -2.24. The summed E-state index contributed by atoms with van der Waals surface area (Å²) in [5, 5.41) is 21.0. The SMILES string of the molecule is NCCCC(C[C@@H](N)C1CC1)c1nc2c(ccc3cc(-c4ccc(-c5cnc([C@@H]6CCCN6C(=O)[C@H](O)NO)[nH]5)s4)ccc32)[nH]1. The Bertz CT molecular complexity index is 1810. The zero-order chi connectivity index (χ0) is 31.1. The highest BCUT2D eigenvalue weighted by Crippen LogP contribution is 2.39. The number of benzene rings is 2. The first-order valence-corrected chi connectivity index (χ1v) is 16.7. The molecule has 45 heavy (non-hydrogen) atoms. The van der Waals surface area contributed by atoms with E-state index in [1.165, 1.54) is 12.8 Å². The van der Waals surface area contributed by atoms with Gasteiger partial charge in [0.15, 0.2) is 0 Å². The Labute approximate surface area is 265 Å². The zero-order valence-electron chi connectivity index (χ0n) is 25.1. The second kappa shape index (κ2) is 12.6. The molecule has 12 heteroatoms. The standard InChI is InChI=1S/C33H40N8O3S/c34-13-1-3-21(16-23(35)18-5-6-18)30-37-24-10-8-19-15-20(7-9-22(19)29(24)39-30)27-11-12-28(45-27)25-17-36-31(38-25)26-4-2-14-41(26)33(43)32(42)40-44/h7-12,15,17-18,21,23,26,32,40,42,44H,1-6,13-14,16,34-35H2,(H,36,38)(H,37,39)/t21?,23-,26+,32+/m1/s1. The normalized spacial score (nSPS) is 19.0. The Morgan fingerprint density at radius 1 is 1.13 bits per heavy atom. The number of aliphatic hydroxyl groups is 1. The third-order valence-electron chi connectivity index (χ3n) is 9.37. The van der Waals surface area contributed by atoms with Gasteiger partial charge >= 0.3 is 0 Å². The minimum absolute atomic E-state index is 0.217. The van der Waals surface area contributed by atoms with Gasteiger partial charge < -0.3 is 36.6 Å². The van der Waals surface area contributed by atoms with Crippen LogP contribution in [0.1, 0.15) is 68.6 Å². The van der Waals surface area contributed by atoms with Gasteiger partial charge in [-0.1, -0.05) is 18.2 Å². The van der Waals surface area contributed by atoms with E-state index in [2.05, 4.69) is 57.4 Å². The number of rotatable bonds is 12. The van der Waals surface area contributed by atoms with Crippen molar-refractivity contribution in [2.45, 2.75) is 69.2 Å². The van der Waals surface area contributed by atoms with E-state index in [4.69, 9.17) is 21.7 Å². The smallest absolute Gasteiger partial charge is 0.269 e. The molecule has 1 unspecified atom stereocenters. The molecule has 2 fully saturated rings. The van der Waals surface area contributed by atoms with Crippen LogP contribution in [-0.2, 0) is 4.79 Å². The molecule has 0 spiro atoms. The van der Waals surface area contributed by atoms with Crippen LogP contribution in [0, 0.1) is 5.92 Å². The molecule has 1 saturated carbocycles. The van der Waals surface area contributed by atoms with E-state index in [9.17, 15) is 9.90 Å². The molecule has 3 aromatic heterocycles. The molecule has 11 nitrogen and oxygen atoms in total. The lowest BCUT2D eigenvalue weighted by atomic mass is 9.92. The number of likely N-dealkylation sites (tertiary alicyclic amines) is 1. The number of carbonyl (C=O) groups is 1. The fraction of sp³-hybridized carbons (Fsp3) is 0.424. The first kappa shape index (κ1) is 30.0. The molecular formula is C33H40N8O3S. The van der Waals surface area contributed by atoms with E-state index in [0.717, 1.165) is 80.7 Å². The number of amides is 1. The van der Waals surface area contributed by atoms with Gasteiger partial charge in [0.1, 0.15) is 11.6 Å². The van der Waals surface area contributed by atoms with Crippen molar-refractivity contribution in [1.29, 1.82) is 0 Å². The Balaban J connectivity index is 1.11. The van der Waals surface area contributed by atoms with Gasteiger partial charge in [-0.3, -0.25) is 4.79 Å². The second-order valence-corrected chi connectivity index (χ2v) is 13.5. The topological polar surface area (TPSA) is 182 Å². The number of imidazole rings is 2. The number of H-pyrrole nitrogens is 2. The molecule has 0 bridgehead atoms. The second-order valence-electron chi connectivity index (χ2n) is 12.5. The molecule has 236 valence electrons. The van der Waals surface area contributed by atoms with E-state index in [1.807, 2.05) is 0 Å². The van der Waals surface area contributed by atoms with Gasteiger partial charge in [0.25, 0.3) is 5.91 Å². The molecule has 2 aromatic carbocycles. The van der Waals surface area contributed by atoms with Crippen LogP contribution in [0.4, 0.5) is 0 Å². The van der Waals surface area contributed by atoms with Crippen molar-refractivity contribution in [3.63, 3.8) is 0 Å². The molecule has 9 N–H and O–H groups in total. The quantitative estimate of drug-likeness (QED) is 0.0763. The number of hydrogen-bond donors (Lipinski definition) is 7. The van der Waals surface area contributed by atoms with Crippen LogP contribution in [0.3, 0.4) is 0 Å². The van der Waals surface area contributed by atoms with Crippen LogP contribution in [0.15, 0.2) is 48.7 Å². The molecular weight excluding hydrogens is 588 g/mol. The first-order valence-electron chi connectivity index (χ1n) is 15.8. The Hall–Kier alpha value is -3.65. The molecule has 1 amide bonds. The molecule has 2 aliphatic rings. The van der Waals surface area contributed by atoms with Crippen LogP contribution in [0.25, 0.3) is 42.8 Å². The minimum atomic E-state index is -1.65. The number of nitrogens with zero attached hydrogens (tertiary/aromatic N) is 3. The maximum atomic E-state index is 12.5. The number of aromatic nitrogens is 4. The third-order valence-corrected chi connectivity index (χ3v) is 10.5. The minimum Gasteiger partial charge on any atom is -0.368 e. The number of thiophene rings is 1. The lowest BCUT2D eigenvalue weighted by molar-refractivity contribution is -0.149. The number of hydrogen-bond acceptors (Lipinski definition) is 9. The van der Waals surface area contributed by atoms with Gasteiger partial charge in [-0.25, -0.2) is 9.97 Å². The monoisotopic (exact) mass is 628 g/mol. The van der Waals surface area contributed by atoms with Crippen LogP contribution in [-0.4, -0.2) is 66.4 Å². The predicted octanol–water partition coefficient (Wildman–Crippen LogP) is 4.75. The molecule has 1 aliphatic carbocycles. The fourth-order valence-corrected chi connectivity index (χ4v) is 7.71. The van der Waals surface area contributed by atoms with Crippen molar-refractivity contribution in [3.8, 4) is 21.0 Å². The van der Waals surface area contributed by atoms with Crippen LogP contribution in [0.5, 0.6) is 0 Å². The first-order chi connectivity index (χ1) is 21.9. The summed E-state index contributed by atoms with van der Waals surface area (Å²) in [7, 11) is 0. The van der Waals surface area contributed by atoms with Gasteiger partial charge in [0, 0.05) is 28.8 Å². The molecule has 7 rings (SSSR count). The van der Waals surface area contributed by atoms with Crippen molar-refractivity contribution < 1.29 is 15.1 Å². The van der Waals surface area contributed by atoms with E-state index in [0.29, 0.717) is 24.8 Å². The summed E-state index contributed by atoms with van der Waals surface area (Å²) in [6.45, 7) is 1.17. The number of fused-ring (bicyclic) bond motifs is 3. The van der Waals surface area contributed by atoms with Crippen molar-refractivity contribution >= 4 is 39.0 Å². The Morgan fingerprint density at radius 3 is 2.78 bits per heavy atom. The molecule has 0 radical (unpaired) electrons. The highest BCUT2D eigenvalue weighted by molar-refractivity contribution is 7.18. The van der Waals surface area contributed by atoms with E-state index in [-0.39, 0.29) is 18.0 Å². The Kier molecular flexibility index (Phi) is 8.42. The number of hydroxylamine groups is 1. The molecule has 4 atom stereocenters. The van der Waals surface area contributed by atoms with Gasteiger partial charge in [-0.05, 0) is 92.6 Å². The maximum Gasteiger partial charge on any atom is 0.269 e. The van der Waals surface area contributed by atoms with Gasteiger partial charge in [-0.15, -0.1) is 11.3 Å². The van der Waals surface area contributed by atoms with E-state index < -0.39 is 12.1 Å². The fourth-order valence-electron chi connectivity index (χ4n) is 6.74.